The molecule has 3 aromatic rings. The van der Waals surface area contributed by atoms with Gasteiger partial charge in [0.2, 0.25) is 11.8 Å². The first kappa shape index (κ1) is 31.5. The van der Waals surface area contributed by atoms with Crippen molar-refractivity contribution in [2.45, 2.75) is 58.0 Å². The summed E-state index contributed by atoms with van der Waals surface area (Å²) in [6.07, 6.45) is 1.05. The first-order valence-electron chi connectivity index (χ1n) is 13.2. The summed E-state index contributed by atoms with van der Waals surface area (Å²) in [6.45, 7) is 7.39. The van der Waals surface area contributed by atoms with Crippen molar-refractivity contribution >= 4 is 50.7 Å². The van der Waals surface area contributed by atoms with E-state index in [0.717, 1.165) is 21.9 Å². The molecule has 1 unspecified atom stereocenters. The van der Waals surface area contributed by atoms with Crippen LogP contribution in [-0.4, -0.2) is 44.3 Å². The van der Waals surface area contributed by atoms with Gasteiger partial charge in [-0.3, -0.25) is 13.9 Å². The van der Waals surface area contributed by atoms with E-state index in [9.17, 15) is 18.0 Å². The first-order valence-corrected chi connectivity index (χ1v) is 15.4. The predicted octanol–water partition coefficient (Wildman–Crippen LogP) is 6.14. The average Bonchev–Trinajstić information content (AvgIpc) is 2.93. The highest BCUT2D eigenvalue weighted by atomic mass is 35.5. The van der Waals surface area contributed by atoms with Crippen LogP contribution in [0, 0.1) is 13.8 Å². The summed E-state index contributed by atoms with van der Waals surface area (Å²) in [6, 6.07) is 17.4. The van der Waals surface area contributed by atoms with Gasteiger partial charge in [-0.25, -0.2) is 8.42 Å². The van der Waals surface area contributed by atoms with Gasteiger partial charge in [-0.2, -0.15) is 0 Å². The molecule has 1 atom stereocenters. The maximum atomic E-state index is 14.1. The van der Waals surface area contributed by atoms with E-state index in [1.807, 2.05) is 33.8 Å². The van der Waals surface area contributed by atoms with Gasteiger partial charge in [-0.15, -0.1) is 0 Å². The zero-order valence-electron chi connectivity index (χ0n) is 23.2. The fourth-order valence-corrected chi connectivity index (χ4v) is 6.32. The molecule has 3 rings (SSSR count). The van der Waals surface area contributed by atoms with Crippen molar-refractivity contribution in [2.24, 2.45) is 0 Å². The largest absolute Gasteiger partial charge is 0.354 e. The molecule has 10 heteroatoms. The summed E-state index contributed by atoms with van der Waals surface area (Å²) in [5, 5.41) is 3.65. The van der Waals surface area contributed by atoms with Gasteiger partial charge in [0.1, 0.15) is 12.6 Å². The maximum Gasteiger partial charge on any atom is 0.264 e. The topological polar surface area (TPSA) is 86.8 Å². The Hall–Kier alpha value is -3.07. The molecule has 0 aliphatic rings. The number of nitrogens with zero attached hydrogens (tertiary/aromatic N) is 2. The average molecular weight is 605 g/mol. The second-order valence-corrected chi connectivity index (χ2v) is 12.2. The third kappa shape index (κ3) is 7.36. The minimum Gasteiger partial charge on any atom is -0.354 e. The number of carbonyl (C=O) groups is 2. The molecule has 40 heavy (non-hydrogen) atoms. The SMILES string of the molecule is CCCNC(=O)C(CC)N(Cc1ccc(Cl)cc1Cl)C(=O)CN(c1cccc(C)c1C)S(=O)(=O)c1ccccc1. The van der Waals surface area contributed by atoms with Crippen LogP contribution in [0.15, 0.2) is 71.6 Å². The fourth-order valence-electron chi connectivity index (χ4n) is 4.36. The number of amides is 2. The number of benzene rings is 3. The van der Waals surface area contributed by atoms with E-state index in [1.54, 1.807) is 48.5 Å². The molecule has 7 nitrogen and oxygen atoms in total. The van der Waals surface area contributed by atoms with E-state index in [-0.39, 0.29) is 17.3 Å². The maximum absolute atomic E-state index is 14.1. The van der Waals surface area contributed by atoms with Crippen LogP contribution < -0.4 is 9.62 Å². The Morgan fingerprint density at radius 1 is 0.950 bits per heavy atom. The highest BCUT2D eigenvalue weighted by molar-refractivity contribution is 7.92. The standard InChI is InChI=1S/C30H35Cl2N3O4S/c1-5-17-33-30(37)27(6-2)34(19-23-15-16-24(31)18-26(23)32)29(36)20-35(28-14-10-11-21(3)22(28)4)40(38,39)25-12-8-7-9-13-25/h7-16,18,27H,5-6,17,19-20H2,1-4H3,(H,33,37). The molecule has 1 N–H and O–H groups in total. The van der Waals surface area contributed by atoms with E-state index in [0.29, 0.717) is 34.3 Å². The van der Waals surface area contributed by atoms with Gasteiger partial charge >= 0.3 is 0 Å². The fraction of sp³-hybridized carbons (Fsp3) is 0.333. The van der Waals surface area contributed by atoms with Crippen molar-refractivity contribution in [3.05, 3.63) is 93.5 Å². The van der Waals surface area contributed by atoms with Crippen LogP contribution in [0.3, 0.4) is 0 Å². The Kier molecular flexibility index (Phi) is 11.0. The van der Waals surface area contributed by atoms with Crippen molar-refractivity contribution in [3.63, 3.8) is 0 Å². The van der Waals surface area contributed by atoms with Crippen LogP contribution in [0.1, 0.15) is 43.4 Å². The Morgan fingerprint density at radius 2 is 1.65 bits per heavy atom. The third-order valence-electron chi connectivity index (χ3n) is 6.75. The molecule has 0 saturated heterocycles. The van der Waals surface area contributed by atoms with E-state index in [4.69, 9.17) is 23.2 Å². The van der Waals surface area contributed by atoms with Crippen molar-refractivity contribution < 1.29 is 18.0 Å². The number of aryl methyl sites for hydroxylation is 1. The third-order valence-corrected chi connectivity index (χ3v) is 9.11. The molecule has 0 heterocycles. The van der Waals surface area contributed by atoms with Gasteiger partial charge in [0.15, 0.2) is 0 Å². The summed E-state index contributed by atoms with van der Waals surface area (Å²) in [5.74, 6) is -0.850. The molecule has 0 radical (unpaired) electrons. The van der Waals surface area contributed by atoms with Crippen LogP contribution >= 0.6 is 23.2 Å². The summed E-state index contributed by atoms with van der Waals surface area (Å²) in [4.78, 5) is 28.8. The first-order chi connectivity index (χ1) is 19.0. The molecule has 2 amide bonds. The number of rotatable bonds is 12. The van der Waals surface area contributed by atoms with Crippen LogP contribution in [0.25, 0.3) is 0 Å². The Labute approximate surface area is 247 Å². The van der Waals surface area contributed by atoms with E-state index in [1.165, 1.54) is 17.0 Å². The quantitative estimate of drug-likeness (QED) is 0.269. The number of anilines is 1. The lowest BCUT2D eigenvalue weighted by atomic mass is 10.1. The van der Waals surface area contributed by atoms with E-state index < -0.39 is 28.5 Å². The van der Waals surface area contributed by atoms with Crippen LogP contribution in [0.4, 0.5) is 5.69 Å². The van der Waals surface area contributed by atoms with Gasteiger partial charge < -0.3 is 10.2 Å². The number of nitrogens with one attached hydrogen (secondary N) is 1. The van der Waals surface area contributed by atoms with Crippen LogP contribution in [-0.2, 0) is 26.2 Å². The van der Waals surface area contributed by atoms with Gasteiger partial charge in [-0.05, 0) is 73.7 Å². The van der Waals surface area contributed by atoms with Gasteiger partial charge in [-0.1, -0.05) is 73.4 Å². The summed E-state index contributed by atoms with van der Waals surface area (Å²) >= 11 is 12.5. The molecule has 214 valence electrons. The lowest BCUT2D eigenvalue weighted by molar-refractivity contribution is -0.140. The summed E-state index contributed by atoms with van der Waals surface area (Å²) in [5.41, 5.74) is 2.60. The molecule has 0 bridgehead atoms. The van der Waals surface area contributed by atoms with E-state index >= 15 is 0 Å². The van der Waals surface area contributed by atoms with Gasteiger partial charge in [0, 0.05) is 23.1 Å². The summed E-state index contributed by atoms with van der Waals surface area (Å²) in [7, 11) is -4.13. The van der Waals surface area contributed by atoms with Crippen molar-refractivity contribution in [1.82, 2.24) is 10.2 Å². The molecule has 0 fully saturated rings. The molecule has 0 spiro atoms. The van der Waals surface area contributed by atoms with Crippen LogP contribution in [0.5, 0.6) is 0 Å². The number of halogens is 2. The van der Waals surface area contributed by atoms with Gasteiger partial charge in [0.25, 0.3) is 10.0 Å². The smallest absolute Gasteiger partial charge is 0.264 e. The Bertz CT molecular complexity index is 1450. The van der Waals surface area contributed by atoms with Gasteiger partial charge in [0.05, 0.1) is 10.6 Å². The number of sulfonamides is 1. The van der Waals surface area contributed by atoms with Crippen molar-refractivity contribution in [1.29, 1.82) is 0 Å². The molecular formula is C30H35Cl2N3O4S. The zero-order valence-corrected chi connectivity index (χ0v) is 25.5. The number of carbonyl (C=O) groups excluding carboxylic acids is 2. The molecule has 0 aliphatic heterocycles. The normalized spacial score (nSPS) is 12.1. The van der Waals surface area contributed by atoms with Crippen molar-refractivity contribution in [3.8, 4) is 0 Å². The molecule has 0 aliphatic carbocycles. The molecule has 0 aromatic heterocycles. The lowest BCUT2D eigenvalue weighted by Crippen LogP contribution is -2.52. The van der Waals surface area contributed by atoms with Crippen molar-refractivity contribution in [2.75, 3.05) is 17.4 Å². The predicted molar refractivity (Wildman–Crippen MR) is 161 cm³/mol. The second-order valence-electron chi connectivity index (χ2n) is 9.52. The minimum atomic E-state index is -4.13. The Balaban J connectivity index is 2.10. The monoisotopic (exact) mass is 603 g/mol. The zero-order chi connectivity index (χ0) is 29.4. The number of hydrogen-bond donors (Lipinski definition) is 1. The lowest BCUT2D eigenvalue weighted by Gasteiger charge is -2.34. The number of hydrogen-bond acceptors (Lipinski definition) is 4. The Morgan fingerprint density at radius 3 is 2.27 bits per heavy atom. The second kappa shape index (κ2) is 14.0. The molecule has 0 saturated carbocycles. The highest BCUT2D eigenvalue weighted by Gasteiger charge is 2.34. The van der Waals surface area contributed by atoms with E-state index in [2.05, 4.69) is 5.32 Å². The summed E-state index contributed by atoms with van der Waals surface area (Å²) < 4.78 is 29.0. The molecular weight excluding hydrogens is 569 g/mol. The minimum absolute atomic E-state index is 0.00108. The van der Waals surface area contributed by atoms with Crippen LogP contribution in [0.2, 0.25) is 10.0 Å². The molecule has 3 aromatic carbocycles. The highest BCUT2D eigenvalue weighted by Crippen LogP contribution is 2.30.